The minimum atomic E-state index is 0.618. The normalized spacial score (nSPS) is 17.0. The lowest BCUT2D eigenvalue weighted by Gasteiger charge is -2.14. The molecule has 1 saturated heterocycles. The molecule has 0 saturated carbocycles. The van der Waals surface area contributed by atoms with Crippen LogP contribution in [0.1, 0.15) is 44.8 Å². The monoisotopic (exact) mass is 299 g/mol. The van der Waals surface area contributed by atoms with Gasteiger partial charge >= 0.3 is 0 Å². The Balaban J connectivity index is 1.87. The SMILES string of the molecule is CC[C@@H](C)Cc1nc(CN2CCCC2)n(-c2ccncc2)n1. The molecule has 0 aromatic carbocycles. The van der Waals surface area contributed by atoms with Gasteiger partial charge in [0.1, 0.15) is 5.82 Å². The molecule has 1 aliphatic heterocycles. The summed E-state index contributed by atoms with van der Waals surface area (Å²) in [6, 6.07) is 3.99. The Hall–Kier alpha value is -1.75. The van der Waals surface area contributed by atoms with Crippen molar-refractivity contribution in [3.8, 4) is 5.69 Å². The van der Waals surface area contributed by atoms with E-state index < -0.39 is 0 Å². The highest BCUT2D eigenvalue weighted by Gasteiger charge is 2.18. The van der Waals surface area contributed by atoms with Gasteiger partial charge in [0.25, 0.3) is 0 Å². The second-order valence-corrected chi connectivity index (χ2v) is 6.26. The molecule has 1 fully saturated rings. The summed E-state index contributed by atoms with van der Waals surface area (Å²) in [7, 11) is 0. The molecule has 0 spiro atoms. The zero-order valence-corrected chi connectivity index (χ0v) is 13.6. The average molecular weight is 299 g/mol. The fourth-order valence-electron chi connectivity index (χ4n) is 2.87. The van der Waals surface area contributed by atoms with Gasteiger partial charge in [0.05, 0.1) is 12.2 Å². The molecule has 0 radical (unpaired) electrons. The molecule has 1 aliphatic rings. The van der Waals surface area contributed by atoms with Gasteiger partial charge in [-0.05, 0) is 44.0 Å². The van der Waals surface area contributed by atoms with Gasteiger partial charge in [0.15, 0.2) is 5.82 Å². The van der Waals surface area contributed by atoms with Gasteiger partial charge in [-0.2, -0.15) is 5.10 Å². The summed E-state index contributed by atoms with van der Waals surface area (Å²) in [5, 5.41) is 4.76. The maximum Gasteiger partial charge on any atom is 0.151 e. The Labute approximate surface area is 132 Å². The van der Waals surface area contributed by atoms with E-state index in [1.807, 2.05) is 29.2 Å². The third kappa shape index (κ3) is 3.53. The molecule has 2 aromatic rings. The number of likely N-dealkylation sites (tertiary alicyclic amines) is 1. The van der Waals surface area contributed by atoms with E-state index in [1.165, 1.54) is 25.9 Å². The van der Waals surface area contributed by atoms with Crippen molar-refractivity contribution in [3.05, 3.63) is 36.2 Å². The van der Waals surface area contributed by atoms with Crippen molar-refractivity contribution in [2.45, 2.75) is 46.1 Å². The van der Waals surface area contributed by atoms with Gasteiger partial charge in [-0.15, -0.1) is 0 Å². The summed E-state index contributed by atoms with van der Waals surface area (Å²) in [5.74, 6) is 2.62. The van der Waals surface area contributed by atoms with E-state index in [1.54, 1.807) is 0 Å². The minimum absolute atomic E-state index is 0.618. The molecule has 3 rings (SSSR count). The lowest BCUT2D eigenvalue weighted by molar-refractivity contribution is 0.319. The molecule has 118 valence electrons. The van der Waals surface area contributed by atoms with Crippen molar-refractivity contribution >= 4 is 0 Å². The minimum Gasteiger partial charge on any atom is -0.296 e. The van der Waals surface area contributed by atoms with E-state index in [0.717, 1.165) is 36.7 Å². The molecule has 0 amide bonds. The van der Waals surface area contributed by atoms with Gasteiger partial charge in [0, 0.05) is 18.8 Å². The lowest BCUT2D eigenvalue weighted by atomic mass is 10.1. The molecule has 0 bridgehead atoms. The molecule has 0 aliphatic carbocycles. The highest BCUT2D eigenvalue weighted by molar-refractivity contribution is 5.28. The Morgan fingerprint density at radius 3 is 2.59 bits per heavy atom. The standard InChI is InChI=1S/C17H25N5/c1-3-14(2)12-16-19-17(13-21-10-4-5-11-21)22(20-16)15-6-8-18-9-7-15/h6-9,14H,3-5,10-13H2,1-2H3/t14-/m1/s1. The van der Waals surface area contributed by atoms with E-state index in [2.05, 4.69) is 23.7 Å². The fourth-order valence-corrected chi connectivity index (χ4v) is 2.87. The van der Waals surface area contributed by atoms with Crippen LogP contribution in [0.4, 0.5) is 0 Å². The Kier molecular flexibility index (Phi) is 4.83. The van der Waals surface area contributed by atoms with Gasteiger partial charge in [0.2, 0.25) is 0 Å². The van der Waals surface area contributed by atoms with E-state index >= 15 is 0 Å². The van der Waals surface area contributed by atoms with Crippen LogP contribution in [0.25, 0.3) is 5.69 Å². The number of pyridine rings is 1. The van der Waals surface area contributed by atoms with E-state index in [4.69, 9.17) is 10.1 Å². The zero-order chi connectivity index (χ0) is 15.4. The van der Waals surface area contributed by atoms with Gasteiger partial charge < -0.3 is 0 Å². The number of hydrogen-bond donors (Lipinski definition) is 0. The van der Waals surface area contributed by atoms with Crippen LogP contribution >= 0.6 is 0 Å². The van der Waals surface area contributed by atoms with Crippen molar-refractivity contribution in [2.75, 3.05) is 13.1 Å². The van der Waals surface area contributed by atoms with Crippen molar-refractivity contribution in [1.82, 2.24) is 24.6 Å². The average Bonchev–Trinajstić information content (AvgIpc) is 3.18. The summed E-state index contributed by atoms with van der Waals surface area (Å²) >= 11 is 0. The van der Waals surface area contributed by atoms with Crippen LogP contribution in [0.5, 0.6) is 0 Å². The van der Waals surface area contributed by atoms with Gasteiger partial charge in [-0.25, -0.2) is 9.67 Å². The zero-order valence-electron chi connectivity index (χ0n) is 13.6. The third-order valence-corrected chi connectivity index (χ3v) is 4.42. The largest absolute Gasteiger partial charge is 0.296 e. The second-order valence-electron chi connectivity index (χ2n) is 6.26. The molecular weight excluding hydrogens is 274 g/mol. The molecule has 5 nitrogen and oxygen atoms in total. The Morgan fingerprint density at radius 2 is 1.91 bits per heavy atom. The van der Waals surface area contributed by atoms with Gasteiger partial charge in [-0.3, -0.25) is 9.88 Å². The Bertz CT molecular complexity index is 586. The smallest absolute Gasteiger partial charge is 0.151 e. The summed E-state index contributed by atoms with van der Waals surface area (Å²) in [5.41, 5.74) is 1.05. The molecule has 1 atom stereocenters. The van der Waals surface area contributed by atoms with Crippen molar-refractivity contribution < 1.29 is 0 Å². The molecular formula is C17H25N5. The van der Waals surface area contributed by atoms with E-state index in [0.29, 0.717) is 5.92 Å². The van der Waals surface area contributed by atoms with Crippen LogP contribution in [0.2, 0.25) is 0 Å². The topological polar surface area (TPSA) is 46.8 Å². The van der Waals surface area contributed by atoms with Crippen LogP contribution in [0.15, 0.2) is 24.5 Å². The van der Waals surface area contributed by atoms with Crippen LogP contribution in [0, 0.1) is 5.92 Å². The molecule has 2 aromatic heterocycles. The maximum absolute atomic E-state index is 4.83. The molecule has 5 heteroatoms. The van der Waals surface area contributed by atoms with Gasteiger partial charge in [-0.1, -0.05) is 20.3 Å². The highest BCUT2D eigenvalue weighted by Crippen LogP contribution is 2.16. The molecule has 0 unspecified atom stereocenters. The third-order valence-electron chi connectivity index (χ3n) is 4.42. The molecule has 0 N–H and O–H groups in total. The fraction of sp³-hybridized carbons (Fsp3) is 0.588. The second kappa shape index (κ2) is 7.01. The van der Waals surface area contributed by atoms with Crippen molar-refractivity contribution in [1.29, 1.82) is 0 Å². The van der Waals surface area contributed by atoms with Crippen LogP contribution in [0.3, 0.4) is 0 Å². The summed E-state index contributed by atoms with van der Waals surface area (Å²) in [6.07, 6.45) is 8.31. The predicted octanol–water partition coefficient (Wildman–Crippen LogP) is 2.85. The highest BCUT2D eigenvalue weighted by atomic mass is 15.4. The van der Waals surface area contributed by atoms with Crippen molar-refractivity contribution in [2.24, 2.45) is 5.92 Å². The summed E-state index contributed by atoms with van der Waals surface area (Å²) in [4.78, 5) is 11.4. The summed E-state index contributed by atoms with van der Waals surface area (Å²) in [6.45, 7) is 7.70. The first-order valence-corrected chi connectivity index (χ1v) is 8.34. The van der Waals surface area contributed by atoms with Crippen LogP contribution in [-0.2, 0) is 13.0 Å². The maximum atomic E-state index is 4.83. The first-order valence-electron chi connectivity index (χ1n) is 8.34. The summed E-state index contributed by atoms with van der Waals surface area (Å²) < 4.78 is 2.00. The quantitative estimate of drug-likeness (QED) is 0.823. The van der Waals surface area contributed by atoms with E-state index in [9.17, 15) is 0 Å². The number of nitrogens with zero attached hydrogens (tertiary/aromatic N) is 5. The van der Waals surface area contributed by atoms with Crippen molar-refractivity contribution in [3.63, 3.8) is 0 Å². The lowest BCUT2D eigenvalue weighted by Crippen LogP contribution is -2.21. The first-order chi connectivity index (χ1) is 10.8. The van der Waals surface area contributed by atoms with Crippen LogP contribution < -0.4 is 0 Å². The Morgan fingerprint density at radius 1 is 1.18 bits per heavy atom. The molecule has 3 heterocycles. The first kappa shape index (κ1) is 15.2. The number of aromatic nitrogens is 4. The number of hydrogen-bond acceptors (Lipinski definition) is 4. The molecule has 22 heavy (non-hydrogen) atoms. The van der Waals surface area contributed by atoms with E-state index in [-0.39, 0.29) is 0 Å². The van der Waals surface area contributed by atoms with Crippen LogP contribution in [-0.4, -0.2) is 37.7 Å². The number of rotatable bonds is 6. The predicted molar refractivity (Wildman–Crippen MR) is 86.8 cm³/mol.